The number of carbonyl (C=O) groups is 2. The van der Waals surface area contributed by atoms with Crippen LogP contribution in [0.3, 0.4) is 0 Å². The van der Waals surface area contributed by atoms with Crippen LogP contribution in [0, 0.1) is 0 Å². The second-order valence-electron chi connectivity index (χ2n) is 2.77. The Morgan fingerprint density at radius 2 is 1.86 bits per heavy atom. The first-order chi connectivity index (χ1) is 6.15. The first kappa shape index (κ1) is 12.8. The van der Waals surface area contributed by atoms with Crippen LogP contribution < -0.4 is 0 Å². The Morgan fingerprint density at radius 3 is 2.07 bits per heavy atom. The zero-order valence-electron chi connectivity index (χ0n) is 7.55. The van der Waals surface area contributed by atoms with E-state index in [0.29, 0.717) is 0 Å². The fraction of sp³-hybridized carbons (Fsp3) is 0.667. The lowest BCUT2D eigenvalue weighted by molar-refractivity contribution is -0.148. The molecular weight excluding hydrogens is 216 g/mol. The van der Waals surface area contributed by atoms with Crippen molar-refractivity contribution in [2.24, 2.45) is 0 Å². The van der Waals surface area contributed by atoms with Crippen molar-refractivity contribution in [3.05, 3.63) is 0 Å². The molecule has 0 radical (unpaired) electrons. The van der Waals surface area contributed by atoms with Crippen molar-refractivity contribution in [1.29, 1.82) is 0 Å². The highest BCUT2D eigenvalue weighted by Gasteiger charge is 2.48. The van der Waals surface area contributed by atoms with Gasteiger partial charge in [0.05, 0.1) is 13.5 Å². The summed E-state index contributed by atoms with van der Waals surface area (Å²) < 4.78 is 31.9. The summed E-state index contributed by atoms with van der Waals surface area (Å²) in [6, 6.07) is 0. The zero-order valence-corrected chi connectivity index (χ0v) is 8.37. The van der Waals surface area contributed by atoms with Gasteiger partial charge in [0.2, 0.25) is 4.75 Å². The van der Waals surface area contributed by atoms with Gasteiger partial charge in [-0.15, -0.1) is 0 Å². The zero-order chi connectivity index (χ0) is 11.6. The minimum atomic E-state index is -4.83. The summed E-state index contributed by atoms with van der Waals surface area (Å²) in [4.78, 5) is 21.3. The fourth-order valence-electron chi connectivity index (χ4n) is 0.773. The molecule has 0 aliphatic carbocycles. The minimum Gasteiger partial charge on any atom is -0.481 e. The van der Waals surface area contributed by atoms with Crippen molar-refractivity contribution >= 4 is 22.1 Å². The van der Waals surface area contributed by atoms with Gasteiger partial charge in [-0.05, 0) is 6.92 Å². The number of carbonyl (C=O) groups excluding carboxylic acids is 1. The van der Waals surface area contributed by atoms with Gasteiger partial charge in [-0.25, -0.2) is 0 Å². The van der Waals surface area contributed by atoms with Gasteiger partial charge in [-0.3, -0.25) is 14.1 Å². The van der Waals surface area contributed by atoms with Gasteiger partial charge >= 0.3 is 11.9 Å². The molecule has 2 N–H and O–H groups in total. The van der Waals surface area contributed by atoms with Crippen LogP contribution in [-0.4, -0.2) is 41.9 Å². The number of aliphatic carboxylic acids is 1. The SMILES string of the molecule is COC(=O)C(C)(CC(=O)O)S(=O)(=O)O. The van der Waals surface area contributed by atoms with Crippen LogP contribution in [0.5, 0.6) is 0 Å². The third-order valence-corrected chi connectivity index (χ3v) is 3.12. The molecule has 0 saturated heterocycles. The first-order valence-electron chi connectivity index (χ1n) is 3.42. The maximum absolute atomic E-state index is 11.0. The minimum absolute atomic E-state index is 0.780. The van der Waals surface area contributed by atoms with E-state index in [1.807, 2.05) is 0 Å². The number of methoxy groups -OCH3 is 1. The summed E-state index contributed by atoms with van der Waals surface area (Å²) in [6.45, 7) is 0.780. The maximum atomic E-state index is 11.0. The Labute approximate surface area is 80.4 Å². The first-order valence-corrected chi connectivity index (χ1v) is 4.86. The molecule has 82 valence electrons. The molecule has 0 aromatic carbocycles. The van der Waals surface area contributed by atoms with E-state index in [1.165, 1.54) is 0 Å². The van der Waals surface area contributed by atoms with E-state index < -0.39 is 33.2 Å². The molecule has 0 heterocycles. The Balaban J connectivity index is 5.28. The molecule has 0 bridgehead atoms. The Hall–Kier alpha value is -1.15. The third kappa shape index (κ3) is 2.42. The van der Waals surface area contributed by atoms with Gasteiger partial charge in [0, 0.05) is 0 Å². The van der Waals surface area contributed by atoms with E-state index in [1.54, 1.807) is 0 Å². The van der Waals surface area contributed by atoms with E-state index in [4.69, 9.17) is 9.66 Å². The van der Waals surface area contributed by atoms with Crippen molar-refractivity contribution < 1.29 is 32.4 Å². The van der Waals surface area contributed by atoms with Crippen molar-refractivity contribution in [3.63, 3.8) is 0 Å². The number of esters is 1. The molecule has 0 rings (SSSR count). The summed E-state index contributed by atoms with van der Waals surface area (Å²) in [5, 5.41) is 8.37. The van der Waals surface area contributed by atoms with Gasteiger partial charge in [-0.1, -0.05) is 0 Å². The number of ether oxygens (including phenoxy) is 1. The molecule has 0 spiro atoms. The number of rotatable bonds is 4. The molecule has 0 aromatic rings. The second-order valence-corrected chi connectivity index (χ2v) is 4.62. The summed E-state index contributed by atoms with van der Waals surface area (Å²) in [7, 11) is -3.93. The summed E-state index contributed by atoms with van der Waals surface area (Å²) in [5.74, 6) is -2.85. The lowest BCUT2D eigenvalue weighted by atomic mass is 10.1. The molecule has 0 amide bonds. The number of hydrogen-bond acceptors (Lipinski definition) is 5. The molecule has 1 atom stereocenters. The Morgan fingerprint density at radius 1 is 1.43 bits per heavy atom. The van der Waals surface area contributed by atoms with Crippen LogP contribution in [0.4, 0.5) is 0 Å². The third-order valence-electron chi connectivity index (χ3n) is 1.68. The standard InChI is InChI=1S/C6H10O7S/c1-6(3-4(7)8,5(9)13-2)14(10,11)12/h3H2,1-2H3,(H,7,8)(H,10,11,12). The monoisotopic (exact) mass is 226 g/mol. The van der Waals surface area contributed by atoms with Gasteiger partial charge in [0.25, 0.3) is 10.1 Å². The average Bonchev–Trinajstić information content (AvgIpc) is 1.99. The second kappa shape index (κ2) is 3.93. The molecule has 0 aliphatic heterocycles. The van der Waals surface area contributed by atoms with Gasteiger partial charge in [-0.2, -0.15) is 8.42 Å². The van der Waals surface area contributed by atoms with Crippen LogP contribution in [0.25, 0.3) is 0 Å². The predicted molar refractivity (Wildman–Crippen MR) is 44.2 cm³/mol. The van der Waals surface area contributed by atoms with E-state index in [9.17, 15) is 18.0 Å². The molecule has 1 unspecified atom stereocenters. The van der Waals surface area contributed by atoms with Crippen LogP contribution in [0.1, 0.15) is 13.3 Å². The van der Waals surface area contributed by atoms with E-state index in [0.717, 1.165) is 14.0 Å². The predicted octanol–water partition coefficient (Wildman–Crippen LogP) is -0.719. The van der Waals surface area contributed by atoms with Crippen LogP contribution >= 0.6 is 0 Å². The van der Waals surface area contributed by atoms with E-state index in [-0.39, 0.29) is 0 Å². The molecule has 8 heteroatoms. The highest BCUT2D eigenvalue weighted by atomic mass is 32.2. The van der Waals surface area contributed by atoms with Crippen molar-refractivity contribution in [2.45, 2.75) is 18.1 Å². The van der Waals surface area contributed by atoms with Crippen LogP contribution in [-0.2, 0) is 24.4 Å². The highest BCUT2D eigenvalue weighted by molar-refractivity contribution is 7.88. The van der Waals surface area contributed by atoms with E-state index in [2.05, 4.69) is 4.74 Å². The number of hydrogen-bond donors (Lipinski definition) is 2. The van der Waals surface area contributed by atoms with E-state index >= 15 is 0 Å². The summed E-state index contributed by atoms with van der Waals surface area (Å²) in [6.07, 6.45) is -1.06. The molecule has 0 aromatic heterocycles. The normalized spacial score (nSPS) is 15.6. The van der Waals surface area contributed by atoms with Gasteiger partial charge in [0.1, 0.15) is 0 Å². The smallest absolute Gasteiger partial charge is 0.330 e. The van der Waals surface area contributed by atoms with Crippen LogP contribution in [0.15, 0.2) is 0 Å². The molecule has 14 heavy (non-hydrogen) atoms. The fourth-order valence-corrected chi connectivity index (χ4v) is 1.37. The topological polar surface area (TPSA) is 118 Å². The maximum Gasteiger partial charge on any atom is 0.330 e. The summed E-state index contributed by atoms with van der Waals surface area (Å²) >= 11 is 0. The van der Waals surface area contributed by atoms with Crippen molar-refractivity contribution in [1.82, 2.24) is 0 Å². The molecule has 0 saturated carbocycles. The Bertz CT molecular complexity index is 343. The number of carboxylic acids is 1. The lowest BCUT2D eigenvalue weighted by Gasteiger charge is -2.20. The van der Waals surface area contributed by atoms with Gasteiger partial charge in [0.15, 0.2) is 0 Å². The summed E-state index contributed by atoms with van der Waals surface area (Å²) in [5.41, 5.74) is 0. The Kier molecular flexibility index (Phi) is 3.60. The van der Waals surface area contributed by atoms with Gasteiger partial charge < -0.3 is 9.84 Å². The average molecular weight is 226 g/mol. The molecular formula is C6H10O7S. The molecule has 7 nitrogen and oxygen atoms in total. The highest BCUT2D eigenvalue weighted by Crippen LogP contribution is 2.22. The molecule has 0 fully saturated rings. The van der Waals surface area contributed by atoms with Crippen molar-refractivity contribution in [3.8, 4) is 0 Å². The van der Waals surface area contributed by atoms with Crippen molar-refractivity contribution in [2.75, 3.05) is 7.11 Å². The largest absolute Gasteiger partial charge is 0.481 e. The number of carboxylic acid groups (broad SMARTS) is 1. The lowest BCUT2D eigenvalue weighted by Crippen LogP contribution is -2.45. The molecule has 0 aliphatic rings. The van der Waals surface area contributed by atoms with Crippen LogP contribution in [0.2, 0.25) is 0 Å². The quantitative estimate of drug-likeness (QED) is 0.479.